The molecule has 0 fully saturated rings. The first-order chi connectivity index (χ1) is 6.75. The molecule has 4 heteroatoms. The number of nitrogens with zero attached hydrogens (tertiary/aromatic N) is 1. The van der Waals surface area contributed by atoms with Gasteiger partial charge in [0.15, 0.2) is 0 Å². The summed E-state index contributed by atoms with van der Waals surface area (Å²) in [5, 5.41) is 0. The Bertz CT molecular complexity index is 278. The highest BCUT2D eigenvalue weighted by Gasteiger charge is 2.08. The molecule has 0 radical (unpaired) electrons. The predicted octanol–water partition coefficient (Wildman–Crippen LogP) is 1.09. The Labute approximate surface area is 84.3 Å². The molecule has 0 bridgehead atoms. The summed E-state index contributed by atoms with van der Waals surface area (Å²) in [7, 11) is 0. The smallest absolute Gasteiger partial charge is 0.0660 e. The van der Waals surface area contributed by atoms with Crippen LogP contribution in [0.1, 0.15) is 24.9 Å². The molecule has 0 aliphatic rings. The molecule has 0 aliphatic heterocycles. The molecule has 0 saturated heterocycles. The van der Waals surface area contributed by atoms with Crippen LogP contribution in [0, 0.1) is 0 Å². The Hall–Kier alpha value is -1.13. The van der Waals surface area contributed by atoms with Crippen molar-refractivity contribution in [1.29, 1.82) is 0 Å². The molecule has 1 atom stereocenters. The fraction of sp³-hybridized carbons (Fsp3) is 0.500. The summed E-state index contributed by atoms with van der Waals surface area (Å²) < 4.78 is 5.35. The van der Waals surface area contributed by atoms with Gasteiger partial charge in [0, 0.05) is 30.3 Å². The van der Waals surface area contributed by atoms with Gasteiger partial charge in [-0.15, -0.1) is 0 Å². The largest absolute Gasteiger partial charge is 0.398 e. The van der Waals surface area contributed by atoms with Crippen LogP contribution in [0.4, 0.5) is 5.69 Å². The van der Waals surface area contributed by atoms with Crippen LogP contribution in [0.5, 0.6) is 0 Å². The van der Waals surface area contributed by atoms with Gasteiger partial charge in [-0.1, -0.05) is 6.92 Å². The van der Waals surface area contributed by atoms with Crippen molar-refractivity contribution in [3.8, 4) is 0 Å². The molecule has 78 valence electrons. The number of hydrogen-bond donors (Lipinski definition) is 2. The number of aromatic nitrogens is 1. The lowest BCUT2D eigenvalue weighted by Crippen LogP contribution is -2.19. The van der Waals surface area contributed by atoms with Gasteiger partial charge in [0.05, 0.1) is 12.6 Å². The van der Waals surface area contributed by atoms with Crippen LogP contribution in [-0.2, 0) is 4.74 Å². The predicted molar refractivity (Wildman–Crippen MR) is 56.7 cm³/mol. The quantitative estimate of drug-likeness (QED) is 0.690. The maximum absolute atomic E-state index is 5.89. The van der Waals surface area contributed by atoms with Crippen molar-refractivity contribution in [1.82, 2.24) is 4.98 Å². The zero-order chi connectivity index (χ0) is 10.4. The fourth-order valence-corrected chi connectivity index (χ4v) is 1.17. The topological polar surface area (TPSA) is 74.2 Å². The third kappa shape index (κ3) is 2.97. The summed E-state index contributed by atoms with van der Waals surface area (Å²) in [5.41, 5.74) is 13.2. The van der Waals surface area contributed by atoms with Crippen LogP contribution in [0.25, 0.3) is 0 Å². The number of ether oxygens (including phenoxy) is 1. The molecule has 0 spiro atoms. The first-order valence-corrected chi connectivity index (χ1v) is 4.78. The number of anilines is 1. The van der Waals surface area contributed by atoms with Crippen molar-refractivity contribution in [2.45, 2.75) is 19.4 Å². The molecule has 1 aromatic rings. The van der Waals surface area contributed by atoms with E-state index in [0.29, 0.717) is 12.3 Å². The summed E-state index contributed by atoms with van der Waals surface area (Å²) >= 11 is 0. The molecule has 0 aliphatic carbocycles. The average Bonchev–Trinajstić information content (AvgIpc) is 2.18. The minimum Gasteiger partial charge on any atom is -0.398 e. The van der Waals surface area contributed by atoms with E-state index < -0.39 is 0 Å². The van der Waals surface area contributed by atoms with E-state index in [9.17, 15) is 0 Å². The Balaban J connectivity index is 2.51. The van der Waals surface area contributed by atoms with E-state index in [-0.39, 0.29) is 6.04 Å². The van der Waals surface area contributed by atoms with Gasteiger partial charge in [0.1, 0.15) is 0 Å². The van der Waals surface area contributed by atoms with E-state index >= 15 is 0 Å². The molecule has 14 heavy (non-hydrogen) atoms. The van der Waals surface area contributed by atoms with E-state index in [2.05, 4.69) is 11.9 Å². The van der Waals surface area contributed by atoms with Crippen molar-refractivity contribution in [3.63, 3.8) is 0 Å². The summed E-state index contributed by atoms with van der Waals surface area (Å²) in [6.07, 6.45) is 4.34. The standard InChI is InChI=1S/C10H17N3O/c1-2-5-14-7-10(12)8-6-13-4-3-9(8)11/h3-4,6,10H,2,5,7,12H2,1H3,(H2,11,13). The van der Waals surface area contributed by atoms with Crippen molar-refractivity contribution in [2.24, 2.45) is 5.73 Å². The molecule has 4 nitrogen and oxygen atoms in total. The van der Waals surface area contributed by atoms with Crippen molar-refractivity contribution in [2.75, 3.05) is 18.9 Å². The highest BCUT2D eigenvalue weighted by atomic mass is 16.5. The van der Waals surface area contributed by atoms with E-state index in [0.717, 1.165) is 18.6 Å². The van der Waals surface area contributed by atoms with Gasteiger partial charge < -0.3 is 16.2 Å². The first-order valence-electron chi connectivity index (χ1n) is 4.78. The van der Waals surface area contributed by atoms with Crippen LogP contribution >= 0.6 is 0 Å². The lowest BCUT2D eigenvalue weighted by Gasteiger charge is -2.13. The molecule has 0 aromatic carbocycles. The zero-order valence-electron chi connectivity index (χ0n) is 8.44. The van der Waals surface area contributed by atoms with Crippen LogP contribution in [0.15, 0.2) is 18.5 Å². The Morgan fingerprint density at radius 2 is 2.36 bits per heavy atom. The second-order valence-corrected chi connectivity index (χ2v) is 3.19. The molecule has 4 N–H and O–H groups in total. The molecule has 1 unspecified atom stereocenters. The lowest BCUT2D eigenvalue weighted by atomic mass is 10.1. The van der Waals surface area contributed by atoms with Gasteiger partial charge in [0.25, 0.3) is 0 Å². The van der Waals surface area contributed by atoms with E-state index in [4.69, 9.17) is 16.2 Å². The minimum absolute atomic E-state index is 0.185. The third-order valence-corrected chi connectivity index (χ3v) is 1.93. The SMILES string of the molecule is CCCOCC(N)c1cnccc1N. The molecule has 1 rings (SSSR count). The van der Waals surface area contributed by atoms with Gasteiger partial charge in [-0.25, -0.2) is 0 Å². The second-order valence-electron chi connectivity index (χ2n) is 3.19. The number of nitrogens with two attached hydrogens (primary N) is 2. The van der Waals surface area contributed by atoms with Crippen LogP contribution in [-0.4, -0.2) is 18.2 Å². The maximum atomic E-state index is 5.89. The summed E-state index contributed by atoms with van der Waals surface area (Å²) in [6, 6.07) is 1.56. The molecule has 1 heterocycles. The number of pyridine rings is 1. The number of nitrogen functional groups attached to an aromatic ring is 1. The molecular weight excluding hydrogens is 178 g/mol. The van der Waals surface area contributed by atoms with Gasteiger partial charge in [-0.05, 0) is 12.5 Å². The number of rotatable bonds is 5. The maximum Gasteiger partial charge on any atom is 0.0660 e. The average molecular weight is 195 g/mol. The van der Waals surface area contributed by atoms with Crippen molar-refractivity contribution < 1.29 is 4.74 Å². The van der Waals surface area contributed by atoms with E-state index in [1.165, 1.54) is 0 Å². The van der Waals surface area contributed by atoms with Crippen molar-refractivity contribution in [3.05, 3.63) is 24.0 Å². The van der Waals surface area contributed by atoms with Gasteiger partial charge in [-0.2, -0.15) is 0 Å². The summed E-state index contributed by atoms with van der Waals surface area (Å²) in [6.45, 7) is 3.28. The Morgan fingerprint density at radius 1 is 1.57 bits per heavy atom. The summed E-state index contributed by atoms with van der Waals surface area (Å²) in [5.74, 6) is 0. The second kappa shape index (κ2) is 5.57. The molecule has 0 saturated carbocycles. The molecule has 1 aromatic heterocycles. The molecule has 0 amide bonds. The van der Waals surface area contributed by atoms with Crippen LogP contribution in [0.2, 0.25) is 0 Å². The Kier molecular flexibility index (Phi) is 4.35. The minimum atomic E-state index is -0.185. The summed E-state index contributed by atoms with van der Waals surface area (Å²) in [4.78, 5) is 3.98. The highest BCUT2D eigenvalue weighted by molar-refractivity contribution is 5.46. The normalized spacial score (nSPS) is 12.7. The monoisotopic (exact) mass is 195 g/mol. The Morgan fingerprint density at radius 3 is 3.00 bits per heavy atom. The zero-order valence-corrected chi connectivity index (χ0v) is 8.44. The first kappa shape index (κ1) is 10.9. The highest BCUT2D eigenvalue weighted by Crippen LogP contribution is 2.16. The van der Waals surface area contributed by atoms with E-state index in [1.54, 1.807) is 18.5 Å². The van der Waals surface area contributed by atoms with Gasteiger partial charge >= 0.3 is 0 Å². The van der Waals surface area contributed by atoms with Crippen molar-refractivity contribution >= 4 is 5.69 Å². The molecular formula is C10H17N3O. The van der Waals surface area contributed by atoms with Crippen LogP contribution < -0.4 is 11.5 Å². The van der Waals surface area contributed by atoms with Gasteiger partial charge in [-0.3, -0.25) is 4.98 Å². The fourth-order valence-electron chi connectivity index (χ4n) is 1.17. The van der Waals surface area contributed by atoms with E-state index in [1.807, 2.05) is 0 Å². The number of hydrogen-bond acceptors (Lipinski definition) is 4. The lowest BCUT2D eigenvalue weighted by molar-refractivity contribution is 0.121. The van der Waals surface area contributed by atoms with Crippen LogP contribution in [0.3, 0.4) is 0 Å². The van der Waals surface area contributed by atoms with Gasteiger partial charge in [0.2, 0.25) is 0 Å². The third-order valence-electron chi connectivity index (χ3n) is 1.93.